The topological polar surface area (TPSA) is 18.5 Å². The highest BCUT2D eigenvalue weighted by molar-refractivity contribution is 4.93. The van der Waals surface area contributed by atoms with Gasteiger partial charge in [0.15, 0.2) is 0 Å². The molecule has 1 aliphatic heterocycles. The van der Waals surface area contributed by atoms with Gasteiger partial charge < -0.3 is 10.2 Å². The summed E-state index contributed by atoms with van der Waals surface area (Å²) in [6, 6.07) is 1.59. The van der Waals surface area contributed by atoms with E-state index in [4.69, 9.17) is 0 Å². The second-order valence-corrected chi connectivity index (χ2v) is 7.80. The van der Waals surface area contributed by atoms with Crippen LogP contribution < -0.4 is 5.32 Å². The Morgan fingerprint density at radius 3 is 2.50 bits per heavy atom. The lowest BCUT2D eigenvalue weighted by molar-refractivity contribution is 0.0364. The van der Waals surface area contributed by atoms with E-state index in [9.17, 15) is 0 Å². The van der Waals surface area contributed by atoms with Crippen LogP contribution in [0.1, 0.15) is 51.9 Å². The molecule has 1 unspecified atom stereocenters. The largest absolute Gasteiger partial charge is 0.313 e. The standard InChI is InChI=1S/C17H33N3/c1-15-12-19(2)10-11-20(15)14-17(8-4-3-5-9-17)13-18-16-6-7-16/h15-16,18H,3-14H2,1-2H3. The maximum Gasteiger partial charge on any atom is 0.0195 e. The van der Waals surface area contributed by atoms with Gasteiger partial charge in [0.05, 0.1) is 0 Å². The van der Waals surface area contributed by atoms with Crippen molar-refractivity contribution in [2.24, 2.45) is 5.41 Å². The van der Waals surface area contributed by atoms with Gasteiger partial charge in [-0.25, -0.2) is 0 Å². The van der Waals surface area contributed by atoms with E-state index in [1.807, 2.05) is 0 Å². The molecular weight excluding hydrogens is 246 g/mol. The summed E-state index contributed by atoms with van der Waals surface area (Å²) in [7, 11) is 2.26. The number of piperazine rings is 1. The lowest BCUT2D eigenvalue weighted by Crippen LogP contribution is -2.55. The molecular formula is C17H33N3. The number of hydrogen-bond donors (Lipinski definition) is 1. The average Bonchev–Trinajstić information content (AvgIpc) is 3.25. The third kappa shape index (κ3) is 3.75. The zero-order valence-corrected chi connectivity index (χ0v) is 13.5. The van der Waals surface area contributed by atoms with Crippen LogP contribution in [-0.2, 0) is 0 Å². The van der Waals surface area contributed by atoms with Gasteiger partial charge in [-0.3, -0.25) is 4.90 Å². The monoisotopic (exact) mass is 279 g/mol. The fourth-order valence-corrected chi connectivity index (χ4v) is 4.18. The smallest absolute Gasteiger partial charge is 0.0195 e. The summed E-state index contributed by atoms with van der Waals surface area (Å²) in [5.74, 6) is 0. The fraction of sp³-hybridized carbons (Fsp3) is 1.00. The Labute approximate surface area is 125 Å². The molecule has 0 amide bonds. The molecule has 2 saturated carbocycles. The van der Waals surface area contributed by atoms with Crippen LogP contribution >= 0.6 is 0 Å². The maximum absolute atomic E-state index is 3.84. The van der Waals surface area contributed by atoms with Crippen LogP contribution in [0.4, 0.5) is 0 Å². The van der Waals surface area contributed by atoms with Crippen molar-refractivity contribution in [2.45, 2.75) is 64.0 Å². The van der Waals surface area contributed by atoms with E-state index in [1.54, 1.807) is 0 Å². The van der Waals surface area contributed by atoms with Gasteiger partial charge in [0, 0.05) is 44.8 Å². The van der Waals surface area contributed by atoms with Crippen LogP contribution in [-0.4, -0.2) is 61.7 Å². The van der Waals surface area contributed by atoms with Gasteiger partial charge in [0.25, 0.3) is 0 Å². The van der Waals surface area contributed by atoms with Gasteiger partial charge in [0.1, 0.15) is 0 Å². The van der Waals surface area contributed by atoms with Crippen molar-refractivity contribution in [3.05, 3.63) is 0 Å². The molecule has 2 aliphatic carbocycles. The molecule has 1 heterocycles. The van der Waals surface area contributed by atoms with Gasteiger partial charge in [-0.2, -0.15) is 0 Å². The SMILES string of the molecule is CC1CN(C)CCN1CC1(CNC2CC2)CCCCC1. The van der Waals surface area contributed by atoms with Crippen molar-refractivity contribution in [3.63, 3.8) is 0 Å². The number of hydrogen-bond acceptors (Lipinski definition) is 3. The van der Waals surface area contributed by atoms with Crippen LogP contribution in [0, 0.1) is 5.41 Å². The molecule has 20 heavy (non-hydrogen) atoms. The Kier molecular flexibility index (Phi) is 4.68. The average molecular weight is 279 g/mol. The molecule has 0 aromatic rings. The van der Waals surface area contributed by atoms with Gasteiger partial charge >= 0.3 is 0 Å². The Morgan fingerprint density at radius 1 is 1.10 bits per heavy atom. The van der Waals surface area contributed by atoms with Crippen molar-refractivity contribution >= 4 is 0 Å². The minimum absolute atomic E-state index is 0.574. The summed E-state index contributed by atoms with van der Waals surface area (Å²) >= 11 is 0. The van der Waals surface area contributed by atoms with Crippen LogP contribution in [0.25, 0.3) is 0 Å². The van der Waals surface area contributed by atoms with E-state index in [1.165, 1.54) is 77.7 Å². The zero-order chi connectivity index (χ0) is 14.0. The molecule has 0 aromatic heterocycles. The summed E-state index contributed by atoms with van der Waals surface area (Å²) in [5.41, 5.74) is 0.574. The molecule has 0 radical (unpaired) electrons. The first-order chi connectivity index (χ1) is 9.67. The van der Waals surface area contributed by atoms with Crippen LogP contribution in [0.5, 0.6) is 0 Å². The highest BCUT2D eigenvalue weighted by Gasteiger charge is 2.37. The minimum Gasteiger partial charge on any atom is -0.313 e. The Hall–Kier alpha value is -0.120. The molecule has 0 bridgehead atoms. The highest BCUT2D eigenvalue weighted by atomic mass is 15.3. The van der Waals surface area contributed by atoms with Gasteiger partial charge in [-0.1, -0.05) is 19.3 Å². The molecule has 3 fully saturated rings. The van der Waals surface area contributed by atoms with Gasteiger partial charge in [-0.15, -0.1) is 0 Å². The van der Waals surface area contributed by atoms with Gasteiger partial charge in [-0.05, 0) is 45.1 Å². The maximum atomic E-state index is 3.84. The quantitative estimate of drug-likeness (QED) is 0.833. The molecule has 3 heteroatoms. The zero-order valence-electron chi connectivity index (χ0n) is 13.5. The normalized spacial score (nSPS) is 32.4. The van der Waals surface area contributed by atoms with E-state index in [0.717, 1.165) is 12.1 Å². The summed E-state index contributed by atoms with van der Waals surface area (Å²) in [5, 5.41) is 3.84. The molecule has 116 valence electrons. The summed E-state index contributed by atoms with van der Waals surface area (Å²) < 4.78 is 0. The van der Waals surface area contributed by atoms with Crippen molar-refractivity contribution in [2.75, 3.05) is 39.8 Å². The van der Waals surface area contributed by atoms with Crippen molar-refractivity contribution in [3.8, 4) is 0 Å². The second kappa shape index (κ2) is 6.33. The van der Waals surface area contributed by atoms with Gasteiger partial charge in [0.2, 0.25) is 0 Å². The first-order valence-electron chi connectivity index (χ1n) is 8.83. The van der Waals surface area contributed by atoms with E-state index < -0.39 is 0 Å². The molecule has 1 N–H and O–H groups in total. The Balaban J connectivity index is 1.59. The molecule has 0 spiro atoms. The lowest BCUT2D eigenvalue weighted by Gasteiger charge is -2.46. The van der Waals surface area contributed by atoms with E-state index in [-0.39, 0.29) is 0 Å². The van der Waals surface area contributed by atoms with Crippen LogP contribution in [0.15, 0.2) is 0 Å². The third-order valence-corrected chi connectivity index (χ3v) is 5.76. The number of nitrogens with zero attached hydrogens (tertiary/aromatic N) is 2. The summed E-state index contributed by atoms with van der Waals surface area (Å²) in [4.78, 5) is 5.26. The third-order valence-electron chi connectivity index (χ3n) is 5.76. The van der Waals surface area contributed by atoms with E-state index >= 15 is 0 Å². The summed E-state index contributed by atoms with van der Waals surface area (Å²) in [6.07, 6.45) is 10.1. The molecule has 0 aromatic carbocycles. The number of likely N-dealkylation sites (N-methyl/N-ethyl adjacent to an activating group) is 1. The van der Waals surface area contributed by atoms with E-state index in [0.29, 0.717) is 5.41 Å². The number of nitrogens with one attached hydrogen (secondary N) is 1. The molecule has 1 atom stereocenters. The van der Waals surface area contributed by atoms with Crippen LogP contribution in [0.3, 0.4) is 0 Å². The molecule has 3 aliphatic rings. The lowest BCUT2D eigenvalue weighted by atomic mass is 9.73. The predicted molar refractivity (Wildman–Crippen MR) is 85.1 cm³/mol. The first-order valence-corrected chi connectivity index (χ1v) is 8.83. The van der Waals surface area contributed by atoms with Crippen molar-refractivity contribution in [1.82, 2.24) is 15.1 Å². The fourth-order valence-electron chi connectivity index (χ4n) is 4.18. The Morgan fingerprint density at radius 2 is 1.85 bits per heavy atom. The Bertz CT molecular complexity index is 307. The first kappa shape index (κ1) is 14.8. The van der Waals surface area contributed by atoms with Crippen molar-refractivity contribution in [1.29, 1.82) is 0 Å². The number of rotatable bonds is 5. The second-order valence-electron chi connectivity index (χ2n) is 7.80. The van der Waals surface area contributed by atoms with Crippen LogP contribution in [0.2, 0.25) is 0 Å². The summed E-state index contributed by atoms with van der Waals surface area (Å²) in [6.45, 7) is 8.78. The van der Waals surface area contributed by atoms with Crippen molar-refractivity contribution < 1.29 is 0 Å². The minimum atomic E-state index is 0.574. The molecule has 3 nitrogen and oxygen atoms in total. The predicted octanol–water partition coefficient (Wildman–Crippen LogP) is 2.32. The van der Waals surface area contributed by atoms with E-state index in [2.05, 4.69) is 29.1 Å². The molecule has 1 saturated heterocycles. The molecule has 3 rings (SSSR count). The highest BCUT2D eigenvalue weighted by Crippen LogP contribution is 2.38.